The van der Waals surface area contributed by atoms with Crippen LogP contribution >= 0.6 is 0 Å². The van der Waals surface area contributed by atoms with E-state index in [2.05, 4.69) is 66.5 Å². The van der Waals surface area contributed by atoms with Gasteiger partial charge in [-0.2, -0.15) is 0 Å². The van der Waals surface area contributed by atoms with Crippen LogP contribution in [0.2, 0.25) is 0 Å². The van der Waals surface area contributed by atoms with Crippen LogP contribution < -0.4 is 19.7 Å². The molecule has 7 nitrogen and oxygen atoms in total. The lowest BCUT2D eigenvalue weighted by Crippen LogP contribution is -2.41. The van der Waals surface area contributed by atoms with Gasteiger partial charge in [-0.05, 0) is 91.7 Å². The van der Waals surface area contributed by atoms with Crippen molar-refractivity contribution in [3.63, 3.8) is 0 Å². The minimum Gasteiger partial charge on any atom is -0.497 e. The smallest absolute Gasteiger partial charge is 0.142 e. The SMILES string of the molecule is COCCCN1CCOc2ccc(CO[C@H]3CC[C@H](CC(C)(C)CNC4CCOCC4)C[C@@H]3c3ccc(OC)cc3)cc21. The topological polar surface area (TPSA) is 61.4 Å². The van der Waals surface area contributed by atoms with Crippen LogP contribution in [0.4, 0.5) is 5.69 Å². The predicted molar refractivity (Wildman–Crippen MR) is 173 cm³/mol. The van der Waals surface area contributed by atoms with Gasteiger partial charge in [-0.25, -0.2) is 0 Å². The molecule has 1 N–H and O–H groups in total. The van der Waals surface area contributed by atoms with Gasteiger partial charge in [0.15, 0.2) is 0 Å². The summed E-state index contributed by atoms with van der Waals surface area (Å²) in [5.74, 6) is 2.92. The molecule has 0 aromatic heterocycles. The van der Waals surface area contributed by atoms with Crippen LogP contribution in [0.15, 0.2) is 42.5 Å². The van der Waals surface area contributed by atoms with Gasteiger partial charge in [0.2, 0.25) is 0 Å². The second kappa shape index (κ2) is 15.6. The summed E-state index contributed by atoms with van der Waals surface area (Å²) in [5.41, 5.74) is 3.99. The summed E-state index contributed by atoms with van der Waals surface area (Å²) in [6.07, 6.45) is 8.13. The molecule has 0 bridgehead atoms. The Hall–Kier alpha value is -2.32. The van der Waals surface area contributed by atoms with Crippen LogP contribution in [0.3, 0.4) is 0 Å². The summed E-state index contributed by atoms with van der Waals surface area (Å²) in [4.78, 5) is 2.42. The monoisotopic (exact) mass is 594 g/mol. The Labute approximate surface area is 259 Å². The molecule has 2 heterocycles. The highest BCUT2D eigenvalue weighted by Gasteiger charge is 2.35. The largest absolute Gasteiger partial charge is 0.497 e. The zero-order valence-electron chi connectivity index (χ0n) is 26.9. The van der Waals surface area contributed by atoms with Gasteiger partial charge in [-0.3, -0.25) is 0 Å². The van der Waals surface area contributed by atoms with E-state index < -0.39 is 0 Å². The Morgan fingerprint density at radius 1 is 0.977 bits per heavy atom. The number of anilines is 1. The molecule has 1 aliphatic carbocycles. The normalized spacial score (nSPS) is 23.1. The zero-order chi connectivity index (χ0) is 30.1. The predicted octanol–water partition coefficient (Wildman–Crippen LogP) is 6.58. The van der Waals surface area contributed by atoms with E-state index >= 15 is 0 Å². The van der Waals surface area contributed by atoms with Crippen molar-refractivity contribution < 1.29 is 23.7 Å². The Bertz CT molecular complexity index is 1120. The van der Waals surface area contributed by atoms with Crippen molar-refractivity contribution in [2.45, 2.75) is 83.5 Å². The highest BCUT2D eigenvalue weighted by atomic mass is 16.5. The fourth-order valence-electron chi connectivity index (χ4n) is 7.24. The molecule has 0 amide bonds. The van der Waals surface area contributed by atoms with E-state index in [1.165, 1.54) is 29.7 Å². The average molecular weight is 595 g/mol. The molecular weight excluding hydrogens is 540 g/mol. The standard InChI is InChI=1S/C36H54N2O5/c1-36(2,26-37-30-14-19-41-20-15-30)24-27-6-12-34(32(22-27)29-8-10-31(40-4)11-9-29)43-25-28-7-13-35-33(23-28)38(17-21-42-35)16-5-18-39-3/h7-11,13,23,27,30,32,34,37H,5-6,12,14-22,24-26H2,1-4H3/t27-,32+,34-/m0/s1. The van der Waals surface area contributed by atoms with E-state index in [-0.39, 0.29) is 11.5 Å². The number of nitrogens with zero attached hydrogens (tertiary/aromatic N) is 1. The number of hydrogen-bond donors (Lipinski definition) is 1. The summed E-state index contributed by atoms with van der Waals surface area (Å²) in [5, 5.41) is 3.86. The number of fused-ring (bicyclic) bond motifs is 1. The van der Waals surface area contributed by atoms with Gasteiger partial charge in [0, 0.05) is 52.0 Å². The number of nitrogens with one attached hydrogen (secondary N) is 1. The maximum atomic E-state index is 6.79. The molecule has 0 unspecified atom stereocenters. The first kappa shape index (κ1) is 32.1. The quantitative estimate of drug-likeness (QED) is 0.248. The first-order valence-electron chi connectivity index (χ1n) is 16.5. The average Bonchev–Trinajstić information content (AvgIpc) is 3.04. The van der Waals surface area contributed by atoms with Crippen molar-refractivity contribution in [2.75, 3.05) is 65.2 Å². The van der Waals surface area contributed by atoms with Gasteiger partial charge >= 0.3 is 0 Å². The Morgan fingerprint density at radius 2 is 1.79 bits per heavy atom. The molecule has 238 valence electrons. The summed E-state index contributed by atoms with van der Waals surface area (Å²) in [6.45, 7) is 11.7. The molecule has 2 aliphatic heterocycles. The van der Waals surface area contributed by atoms with Gasteiger partial charge in [0.1, 0.15) is 18.1 Å². The zero-order valence-corrected chi connectivity index (χ0v) is 26.9. The van der Waals surface area contributed by atoms with E-state index in [0.29, 0.717) is 24.5 Å². The van der Waals surface area contributed by atoms with E-state index in [1.807, 2.05) is 0 Å². The molecule has 43 heavy (non-hydrogen) atoms. The fourth-order valence-corrected chi connectivity index (χ4v) is 7.24. The lowest BCUT2D eigenvalue weighted by atomic mass is 9.70. The fraction of sp³-hybridized carbons (Fsp3) is 0.667. The molecule has 0 spiro atoms. The molecule has 1 saturated heterocycles. The number of hydrogen-bond acceptors (Lipinski definition) is 7. The van der Waals surface area contributed by atoms with Crippen LogP contribution in [-0.4, -0.2) is 72.4 Å². The third-order valence-electron chi connectivity index (χ3n) is 9.59. The summed E-state index contributed by atoms with van der Waals surface area (Å²) >= 11 is 0. The van der Waals surface area contributed by atoms with Crippen LogP contribution in [0.5, 0.6) is 11.5 Å². The van der Waals surface area contributed by atoms with E-state index in [0.717, 1.165) is 89.7 Å². The molecule has 0 radical (unpaired) electrons. The van der Waals surface area contributed by atoms with Crippen LogP contribution in [0, 0.1) is 11.3 Å². The van der Waals surface area contributed by atoms with Crippen molar-refractivity contribution in [1.82, 2.24) is 5.32 Å². The van der Waals surface area contributed by atoms with Crippen LogP contribution in [-0.2, 0) is 20.8 Å². The first-order chi connectivity index (χ1) is 20.9. The number of methoxy groups -OCH3 is 2. The van der Waals surface area contributed by atoms with Crippen molar-refractivity contribution in [2.24, 2.45) is 11.3 Å². The molecular formula is C36H54N2O5. The van der Waals surface area contributed by atoms with Gasteiger partial charge in [-0.1, -0.05) is 32.0 Å². The summed E-state index contributed by atoms with van der Waals surface area (Å²) in [7, 11) is 3.50. The highest BCUT2D eigenvalue weighted by Crippen LogP contribution is 2.43. The summed E-state index contributed by atoms with van der Waals surface area (Å²) < 4.78 is 29.1. The maximum absolute atomic E-state index is 6.79. The Kier molecular flexibility index (Phi) is 11.6. The molecule has 2 aromatic carbocycles. The molecule has 3 atom stereocenters. The van der Waals surface area contributed by atoms with Crippen molar-refractivity contribution in [3.05, 3.63) is 53.6 Å². The third-order valence-corrected chi connectivity index (χ3v) is 9.59. The molecule has 1 saturated carbocycles. The lowest BCUT2D eigenvalue weighted by molar-refractivity contribution is -0.0131. The first-order valence-corrected chi connectivity index (χ1v) is 16.5. The minimum atomic E-state index is 0.193. The highest BCUT2D eigenvalue weighted by molar-refractivity contribution is 5.61. The Balaban J connectivity index is 1.23. The molecule has 2 aromatic rings. The lowest BCUT2D eigenvalue weighted by Gasteiger charge is -2.40. The maximum Gasteiger partial charge on any atom is 0.142 e. The molecule has 5 rings (SSSR count). The van der Waals surface area contributed by atoms with Gasteiger partial charge < -0.3 is 33.9 Å². The number of rotatable bonds is 14. The second-order valence-electron chi connectivity index (χ2n) is 13.5. The van der Waals surface area contributed by atoms with Gasteiger partial charge in [0.05, 0.1) is 32.1 Å². The molecule has 7 heteroatoms. The summed E-state index contributed by atoms with van der Waals surface area (Å²) in [6, 6.07) is 15.8. The van der Waals surface area contributed by atoms with E-state index in [4.69, 9.17) is 23.7 Å². The minimum absolute atomic E-state index is 0.193. The Morgan fingerprint density at radius 3 is 2.56 bits per heavy atom. The molecule has 3 aliphatic rings. The number of benzene rings is 2. The van der Waals surface area contributed by atoms with Crippen molar-refractivity contribution in [3.8, 4) is 11.5 Å². The van der Waals surface area contributed by atoms with E-state index in [9.17, 15) is 0 Å². The third kappa shape index (κ3) is 9.10. The van der Waals surface area contributed by atoms with E-state index in [1.54, 1.807) is 14.2 Å². The van der Waals surface area contributed by atoms with Crippen LogP contribution in [0.1, 0.15) is 75.8 Å². The second-order valence-corrected chi connectivity index (χ2v) is 13.5. The van der Waals surface area contributed by atoms with Crippen LogP contribution in [0.25, 0.3) is 0 Å². The van der Waals surface area contributed by atoms with Crippen molar-refractivity contribution in [1.29, 1.82) is 0 Å². The molecule has 2 fully saturated rings. The van der Waals surface area contributed by atoms with Crippen molar-refractivity contribution >= 4 is 5.69 Å². The van der Waals surface area contributed by atoms with Gasteiger partial charge in [-0.15, -0.1) is 0 Å². The number of ether oxygens (including phenoxy) is 5. The van der Waals surface area contributed by atoms with Gasteiger partial charge in [0.25, 0.3) is 0 Å².